The molecule has 0 bridgehead atoms. The largest absolute Gasteiger partial charge is 0.368 e. The van der Waals surface area contributed by atoms with Gasteiger partial charge in [0.2, 0.25) is 0 Å². The van der Waals surface area contributed by atoms with E-state index in [-0.39, 0.29) is 6.04 Å². The molecule has 1 fully saturated rings. The highest BCUT2D eigenvalue weighted by atomic mass is 35.5. The number of nitrogens with zero attached hydrogens (tertiary/aromatic N) is 4. The van der Waals surface area contributed by atoms with Crippen LogP contribution >= 0.6 is 11.6 Å². The molecule has 0 aliphatic carbocycles. The van der Waals surface area contributed by atoms with Crippen molar-refractivity contribution < 1.29 is 0 Å². The Morgan fingerprint density at radius 3 is 2.48 bits per heavy atom. The van der Waals surface area contributed by atoms with Crippen LogP contribution in [0.5, 0.6) is 0 Å². The first kappa shape index (κ1) is 15.6. The quantitative estimate of drug-likeness (QED) is 0.858. The molecule has 1 aromatic rings. The first-order valence-corrected chi connectivity index (χ1v) is 7.65. The number of nitriles is 2. The second-order valence-corrected chi connectivity index (χ2v) is 5.64. The molecule has 4 nitrogen and oxygen atoms in total. The minimum atomic E-state index is 0.0218. The lowest BCUT2D eigenvalue weighted by atomic mass is 10.1. The van der Waals surface area contributed by atoms with Crippen LogP contribution in [0.15, 0.2) is 18.2 Å². The van der Waals surface area contributed by atoms with Gasteiger partial charge in [0.15, 0.2) is 0 Å². The van der Waals surface area contributed by atoms with Crippen molar-refractivity contribution in [2.75, 3.05) is 31.1 Å². The molecule has 0 N–H and O–H groups in total. The second-order valence-electron chi connectivity index (χ2n) is 5.23. The summed E-state index contributed by atoms with van der Waals surface area (Å²) in [5.41, 5.74) is 1.55. The second kappa shape index (κ2) is 7.31. The number of anilines is 1. The molecule has 2 rings (SSSR count). The number of hydrogen-bond acceptors (Lipinski definition) is 4. The minimum absolute atomic E-state index is 0.0218. The monoisotopic (exact) mass is 302 g/mol. The molecule has 1 unspecified atom stereocenters. The summed E-state index contributed by atoms with van der Waals surface area (Å²) < 4.78 is 0. The normalized spacial score (nSPS) is 17.0. The lowest BCUT2D eigenvalue weighted by Gasteiger charge is -2.38. The van der Waals surface area contributed by atoms with Crippen molar-refractivity contribution in [1.82, 2.24) is 4.90 Å². The Bertz CT molecular complexity index is 565. The predicted molar refractivity (Wildman–Crippen MR) is 84.3 cm³/mol. The zero-order valence-corrected chi connectivity index (χ0v) is 13.0. The van der Waals surface area contributed by atoms with E-state index in [0.29, 0.717) is 10.6 Å². The van der Waals surface area contributed by atoms with Gasteiger partial charge >= 0.3 is 0 Å². The maximum Gasteiger partial charge on any atom is 0.0992 e. The molecule has 1 aromatic carbocycles. The van der Waals surface area contributed by atoms with Crippen LogP contribution in [0.3, 0.4) is 0 Å². The molecule has 5 heteroatoms. The van der Waals surface area contributed by atoms with E-state index >= 15 is 0 Å². The van der Waals surface area contributed by atoms with E-state index in [1.165, 1.54) is 0 Å². The van der Waals surface area contributed by atoms with E-state index in [1.807, 2.05) is 6.07 Å². The van der Waals surface area contributed by atoms with Crippen LogP contribution in [0.1, 0.15) is 25.3 Å². The van der Waals surface area contributed by atoms with E-state index in [9.17, 15) is 5.26 Å². The standard InChI is InChI=1S/C16H19ClN4/c1-2-3-14(12-19)20-6-8-21(9-7-20)16-5-4-13(11-18)10-15(16)17/h4-5,10,14H,2-3,6-9H2,1H3. The first-order valence-electron chi connectivity index (χ1n) is 7.27. The summed E-state index contributed by atoms with van der Waals surface area (Å²) in [5.74, 6) is 0. The maximum atomic E-state index is 9.24. The van der Waals surface area contributed by atoms with Crippen LogP contribution in [0, 0.1) is 22.7 Å². The number of halogens is 1. The van der Waals surface area contributed by atoms with Crippen molar-refractivity contribution in [1.29, 1.82) is 10.5 Å². The van der Waals surface area contributed by atoms with Crippen LogP contribution in [-0.4, -0.2) is 37.1 Å². The first-order chi connectivity index (χ1) is 10.2. The van der Waals surface area contributed by atoms with E-state index < -0.39 is 0 Å². The maximum absolute atomic E-state index is 9.24. The Balaban J connectivity index is 2.01. The molecule has 1 heterocycles. The number of rotatable bonds is 4. The van der Waals surface area contributed by atoms with Crippen molar-refractivity contribution in [2.24, 2.45) is 0 Å². The van der Waals surface area contributed by atoms with Crippen molar-refractivity contribution in [3.05, 3.63) is 28.8 Å². The Morgan fingerprint density at radius 1 is 1.24 bits per heavy atom. The zero-order chi connectivity index (χ0) is 15.2. The van der Waals surface area contributed by atoms with Gasteiger partial charge in [-0.3, -0.25) is 4.90 Å². The molecule has 110 valence electrons. The van der Waals surface area contributed by atoms with Gasteiger partial charge < -0.3 is 4.90 Å². The van der Waals surface area contributed by atoms with Gasteiger partial charge in [0.1, 0.15) is 0 Å². The van der Waals surface area contributed by atoms with Gasteiger partial charge in [-0.15, -0.1) is 0 Å². The summed E-state index contributed by atoms with van der Waals surface area (Å²) in [7, 11) is 0. The molecule has 1 atom stereocenters. The third kappa shape index (κ3) is 3.67. The highest BCUT2D eigenvalue weighted by Gasteiger charge is 2.24. The molecule has 1 saturated heterocycles. The van der Waals surface area contributed by atoms with Gasteiger partial charge in [-0.1, -0.05) is 24.9 Å². The zero-order valence-electron chi connectivity index (χ0n) is 12.2. The third-order valence-corrected chi connectivity index (χ3v) is 4.19. The van der Waals surface area contributed by atoms with Crippen molar-refractivity contribution in [3.8, 4) is 12.1 Å². The Kier molecular flexibility index (Phi) is 5.44. The van der Waals surface area contributed by atoms with E-state index in [4.69, 9.17) is 16.9 Å². The van der Waals surface area contributed by atoms with Crippen LogP contribution in [0.4, 0.5) is 5.69 Å². The fourth-order valence-electron chi connectivity index (χ4n) is 2.71. The van der Waals surface area contributed by atoms with Crippen molar-refractivity contribution in [3.63, 3.8) is 0 Å². The van der Waals surface area contributed by atoms with Crippen LogP contribution in [0.25, 0.3) is 0 Å². The summed E-state index contributed by atoms with van der Waals surface area (Å²) in [6.07, 6.45) is 1.95. The number of piperazine rings is 1. The molecule has 0 amide bonds. The summed E-state index contributed by atoms with van der Waals surface area (Å²) in [5, 5.41) is 18.7. The Labute approximate surface area is 131 Å². The Hall–Kier alpha value is -1.75. The van der Waals surface area contributed by atoms with E-state index in [2.05, 4.69) is 28.9 Å². The lowest BCUT2D eigenvalue weighted by molar-refractivity contribution is 0.211. The molecule has 1 aliphatic heterocycles. The third-order valence-electron chi connectivity index (χ3n) is 3.88. The number of hydrogen-bond donors (Lipinski definition) is 0. The molecule has 0 aromatic heterocycles. The van der Waals surface area contributed by atoms with Gasteiger partial charge in [-0.05, 0) is 24.6 Å². The van der Waals surface area contributed by atoms with Gasteiger partial charge in [-0.25, -0.2) is 0 Å². The van der Waals surface area contributed by atoms with Crippen LogP contribution < -0.4 is 4.90 Å². The SMILES string of the molecule is CCCC(C#N)N1CCN(c2ccc(C#N)cc2Cl)CC1. The van der Waals surface area contributed by atoms with E-state index in [0.717, 1.165) is 44.7 Å². The van der Waals surface area contributed by atoms with E-state index in [1.54, 1.807) is 12.1 Å². The van der Waals surface area contributed by atoms with Gasteiger partial charge in [0, 0.05) is 26.2 Å². The summed E-state index contributed by atoms with van der Waals surface area (Å²) in [4.78, 5) is 4.47. The molecule has 1 aliphatic rings. The molecule has 21 heavy (non-hydrogen) atoms. The Morgan fingerprint density at radius 2 is 1.95 bits per heavy atom. The highest BCUT2D eigenvalue weighted by molar-refractivity contribution is 6.33. The van der Waals surface area contributed by atoms with Crippen LogP contribution in [0.2, 0.25) is 5.02 Å². The summed E-state index contributed by atoms with van der Waals surface area (Å²) >= 11 is 6.26. The number of benzene rings is 1. The fourth-order valence-corrected chi connectivity index (χ4v) is 3.01. The minimum Gasteiger partial charge on any atom is -0.368 e. The molecular formula is C16H19ClN4. The van der Waals surface area contributed by atoms with Crippen LogP contribution in [-0.2, 0) is 0 Å². The molecule has 0 saturated carbocycles. The average Bonchev–Trinajstić information content (AvgIpc) is 2.53. The lowest BCUT2D eigenvalue weighted by Crippen LogP contribution is -2.50. The smallest absolute Gasteiger partial charge is 0.0992 e. The molecular weight excluding hydrogens is 284 g/mol. The predicted octanol–water partition coefficient (Wildman–Crippen LogP) is 3.03. The topological polar surface area (TPSA) is 54.1 Å². The summed E-state index contributed by atoms with van der Waals surface area (Å²) in [6, 6.07) is 9.92. The summed E-state index contributed by atoms with van der Waals surface area (Å²) in [6.45, 7) is 5.56. The van der Waals surface area contributed by atoms with Crippen molar-refractivity contribution >= 4 is 17.3 Å². The average molecular weight is 303 g/mol. The van der Waals surface area contributed by atoms with Gasteiger partial charge in [0.05, 0.1) is 34.5 Å². The van der Waals surface area contributed by atoms with Gasteiger partial charge in [0.25, 0.3) is 0 Å². The molecule has 0 radical (unpaired) electrons. The van der Waals surface area contributed by atoms with Gasteiger partial charge in [-0.2, -0.15) is 10.5 Å². The fraction of sp³-hybridized carbons (Fsp3) is 0.500. The van der Waals surface area contributed by atoms with Crippen molar-refractivity contribution in [2.45, 2.75) is 25.8 Å². The highest BCUT2D eigenvalue weighted by Crippen LogP contribution is 2.28. The molecule has 0 spiro atoms.